The van der Waals surface area contributed by atoms with Crippen LogP contribution in [0.3, 0.4) is 0 Å². The number of nitrogens with zero attached hydrogens (tertiary/aromatic N) is 1. The summed E-state index contributed by atoms with van der Waals surface area (Å²) in [6.45, 7) is 5.36. The molecule has 1 atom stereocenters. The molecule has 0 saturated carbocycles. The summed E-state index contributed by atoms with van der Waals surface area (Å²) in [6, 6.07) is 2.45. The number of hydrogen-bond donors (Lipinski definition) is 2. The Morgan fingerprint density at radius 1 is 1.45 bits per heavy atom. The number of nitrogens with two attached hydrogens (primary N) is 1. The highest BCUT2D eigenvalue weighted by Crippen LogP contribution is 2.21. The normalized spacial score (nSPS) is 12.2. The second kappa shape index (κ2) is 5.58. The molecule has 1 amide bonds. The van der Waals surface area contributed by atoms with E-state index in [1.165, 1.54) is 23.5 Å². The van der Waals surface area contributed by atoms with Crippen molar-refractivity contribution in [1.82, 2.24) is 10.3 Å². The third-order valence-electron chi connectivity index (χ3n) is 3.00. The Morgan fingerprint density at radius 2 is 2.15 bits per heavy atom. The van der Waals surface area contributed by atoms with Crippen LogP contribution in [0.1, 0.15) is 38.8 Å². The van der Waals surface area contributed by atoms with Crippen LogP contribution in [0.25, 0.3) is 0 Å². The molecule has 2 aromatic rings. The van der Waals surface area contributed by atoms with Gasteiger partial charge in [-0.1, -0.05) is 0 Å². The Kier molecular flexibility index (Phi) is 4.04. The van der Waals surface area contributed by atoms with E-state index in [4.69, 9.17) is 5.73 Å². The van der Waals surface area contributed by atoms with Crippen molar-refractivity contribution in [2.75, 3.05) is 5.73 Å². The highest BCUT2D eigenvalue weighted by Gasteiger charge is 2.16. The van der Waals surface area contributed by atoms with Crippen LogP contribution in [-0.4, -0.2) is 10.9 Å². The number of carbonyl (C=O) groups is 1. The number of nitrogen functional groups attached to an aromatic ring is 1. The van der Waals surface area contributed by atoms with Crippen molar-refractivity contribution in [2.24, 2.45) is 0 Å². The summed E-state index contributed by atoms with van der Waals surface area (Å²) in [7, 11) is 0. The number of thiazole rings is 1. The average Bonchev–Trinajstić information content (AvgIpc) is 2.82. The summed E-state index contributed by atoms with van der Waals surface area (Å²) in [5.74, 6) is -0.844. The highest BCUT2D eigenvalue weighted by molar-refractivity contribution is 7.11. The number of carbonyl (C=O) groups excluding carboxylic acids is 1. The molecule has 106 valence electrons. The van der Waals surface area contributed by atoms with E-state index in [0.717, 1.165) is 9.88 Å². The molecule has 1 unspecified atom stereocenters. The van der Waals surface area contributed by atoms with Crippen LogP contribution in [-0.2, 0) is 0 Å². The molecule has 0 aliphatic heterocycles. The van der Waals surface area contributed by atoms with Crippen LogP contribution in [0.2, 0.25) is 0 Å². The Balaban J connectivity index is 2.16. The van der Waals surface area contributed by atoms with Crippen molar-refractivity contribution in [2.45, 2.75) is 26.8 Å². The maximum absolute atomic E-state index is 13.6. The van der Waals surface area contributed by atoms with E-state index in [0.29, 0.717) is 5.56 Å². The number of anilines is 1. The summed E-state index contributed by atoms with van der Waals surface area (Å²) >= 11 is 1.52. The van der Waals surface area contributed by atoms with Crippen molar-refractivity contribution < 1.29 is 9.18 Å². The van der Waals surface area contributed by atoms with Gasteiger partial charge in [0.1, 0.15) is 10.8 Å². The molecular formula is C14H16FN3OS. The van der Waals surface area contributed by atoms with Gasteiger partial charge in [-0.2, -0.15) is 0 Å². The molecule has 4 nitrogen and oxygen atoms in total. The topological polar surface area (TPSA) is 68.0 Å². The highest BCUT2D eigenvalue weighted by atomic mass is 32.1. The number of benzene rings is 1. The first-order valence-electron chi connectivity index (χ1n) is 6.17. The second-order valence-electron chi connectivity index (χ2n) is 4.68. The molecule has 0 aliphatic carbocycles. The van der Waals surface area contributed by atoms with E-state index >= 15 is 0 Å². The molecule has 2 rings (SSSR count). The SMILES string of the molecule is Cc1cnc(C(C)NC(=O)c2cc(N)c(C)c(F)c2)s1. The molecule has 0 fully saturated rings. The van der Waals surface area contributed by atoms with Crippen LogP contribution in [0, 0.1) is 19.7 Å². The van der Waals surface area contributed by atoms with Gasteiger partial charge in [-0.05, 0) is 32.9 Å². The van der Waals surface area contributed by atoms with Crippen molar-refractivity contribution in [1.29, 1.82) is 0 Å². The molecule has 1 heterocycles. The Morgan fingerprint density at radius 3 is 2.70 bits per heavy atom. The lowest BCUT2D eigenvalue weighted by Gasteiger charge is -2.12. The minimum atomic E-state index is -0.479. The van der Waals surface area contributed by atoms with E-state index in [9.17, 15) is 9.18 Å². The fraction of sp³-hybridized carbons (Fsp3) is 0.286. The van der Waals surface area contributed by atoms with Gasteiger partial charge in [-0.3, -0.25) is 4.79 Å². The van der Waals surface area contributed by atoms with Crippen LogP contribution in [0.5, 0.6) is 0 Å². The smallest absolute Gasteiger partial charge is 0.252 e. The molecule has 20 heavy (non-hydrogen) atoms. The molecule has 1 aromatic heterocycles. The van der Waals surface area contributed by atoms with E-state index in [2.05, 4.69) is 10.3 Å². The number of aryl methyl sites for hydroxylation is 1. The van der Waals surface area contributed by atoms with Gasteiger partial charge < -0.3 is 11.1 Å². The number of halogens is 1. The third kappa shape index (κ3) is 2.96. The Bertz CT molecular complexity index is 631. The summed E-state index contributed by atoms with van der Waals surface area (Å²) in [6.07, 6.45) is 1.76. The predicted octanol–water partition coefficient (Wildman–Crippen LogP) is 2.97. The number of aromatic nitrogens is 1. The van der Waals surface area contributed by atoms with Crippen LogP contribution >= 0.6 is 11.3 Å². The molecule has 1 aromatic carbocycles. The summed E-state index contributed by atoms with van der Waals surface area (Å²) in [5, 5.41) is 3.60. The number of hydrogen-bond acceptors (Lipinski definition) is 4. The monoisotopic (exact) mass is 293 g/mol. The first kappa shape index (κ1) is 14.5. The number of nitrogens with one attached hydrogen (secondary N) is 1. The van der Waals surface area contributed by atoms with Crippen molar-refractivity contribution in [3.05, 3.63) is 45.2 Å². The maximum Gasteiger partial charge on any atom is 0.252 e. The van der Waals surface area contributed by atoms with Crippen LogP contribution in [0.15, 0.2) is 18.3 Å². The lowest BCUT2D eigenvalue weighted by Crippen LogP contribution is -2.26. The second-order valence-corrected chi connectivity index (χ2v) is 5.94. The van der Waals surface area contributed by atoms with E-state index in [1.807, 2.05) is 13.8 Å². The standard InChI is InChI=1S/C14H16FN3OS/c1-7-6-17-14(20-7)9(3)18-13(19)10-4-11(15)8(2)12(16)5-10/h4-6,9H,16H2,1-3H3,(H,18,19). The lowest BCUT2D eigenvalue weighted by molar-refractivity contribution is 0.0939. The van der Waals surface area contributed by atoms with Gasteiger partial charge in [0.05, 0.1) is 6.04 Å². The first-order valence-corrected chi connectivity index (χ1v) is 6.99. The minimum Gasteiger partial charge on any atom is -0.398 e. The first-order chi connectivity index (χ1) is 9.38. The Labute approximate surface area is 120 Å². The van der Waals surface area contributed by atoms with Gasteiger partial charge in [-0.25, -0.2) is 9.37 Å². The van der Waals surface area contributed by atoms with Crippen molar-refractivity contribution >= 4 is 22.9 Å². The predicted molar refractivity (Wildman–Crippen MR) is 78.3 cm³/mol. The summed E-state index contributed by atoms with van der Waals surface area (Å²) < 4.78 is 13.6. The van der Waals surface area contributed by atoms with E-state index in [-0.39, 0.29) is 23.2 Å². The van der Waals surface area contributed by atoms with Gasteiger partial charge >= 0.3 is 0 Å². The number of rotatable bonds is 3. The molecule has 0 aliphatic rings. The fourth-order valence-corrected chi connectivity index (χ4v) is 2.52. The quantitative estimate of drug-likeness (QED) is 0.855. The van der Waals surface area contributed by atoms with Gasteiger partial charge in [0.15, 0.2) is 0 Å². The molecular weight excluding hydrogens is 277 g/mol. The van der Waals surface area contributed by atoms with Gasteiger partial charge in [-0.15, -0.1) is 11.3 Å². The Hall–Kier alpha value is -1.95. The molecule has 0 bridgehead atoms. The lowest BCUT2D eigenvalue weighted by atomic mass is 10.1. The zero-order chi connectivity index (χ0) is 14.9. The van der Waals surface area contributed by atoms with Crippen LogP contribution < -0.4 is 11.1 Å². The molecule has 0 radical (unpaired) electrons. The summed E-state index contributed by atoms with van der Waals surface area (Å²) in [4.78, 5) is 17.4. The third-order valence-corrected chi connectivity index (χ3v) is 4.10. The number of amides is 1. The molecule has 3 N–H and O–H groups in total. The average molecular weight is 293 g/mol. The zero-order valence-electron chi connectivity index (χ0n) is 11.5. The molecule has 0 spiro atoms. The van der Waals surface area contributed by atoms with Gasteiger partial charge in [0, 0.05) is 27.9 Å². The van der Waals surface area contributed by atoms with Crippen LogP contribution in [0.4, 0.5) is 10.1 Å². The van der Waals surface area contributed by atoms with Gasteiger partial charge in [0.2, 0.25) is 0 Å². The largest absolute Gasteiger partial charge is 0.398 e. The van der Waals surface area contributed by atoms with Crippen molar-refractivity contribution in [3.8, 4) is 0 Å². The molecule has 0 saturated heterocycles. The fourth-order valence-electron chi connectivity index (χ4n) is 1.75. The minimum absolute atomic E-state index is 0.214. The van der Waals surface area contributed by atoms with Gasteiger partial charge in [0.25, 0.3) is 5.91 Å². The van der Waals surface area contributed by atoms with Crippen molar-refractivity contribution in [3.63, 3.8) is 0 Å². The molecule has 6 heteroatoms. The maximum atomic E-state index is 13.6. The summed E-state index contributed by atoms with van der Waals surface area (Å²) in [5.41, 5.74) is 6.51. The van der Waals surface area contributed by atoms with E-state index in [1.54, 1.807) is 13.1 Å². The zero-order valence-corrected chi connectivity index (χ0v) is 12.3. The van der Waals surface area contributed by atoms with E-state index < -0.39 is 5.82 Å².